The fraction of sp³-hybridized carbons (Fsp3) is 0.0667. The third-order valence-electron chi connectivity index (χ3n) is 2.76. The lowest BCUT2D eigenvalue weighted by atomic mass is 10.1. The zero-order valence-corrected chi connectivity index (χ0v) is 10.6. The van der Waals surface area contributed by atoms with Gasteiger partial charge in [0.2, 0.25) is 5.91 Å². The van der Waals surface area contributed by atoms with Crippen molar-refractivity contribution in [1.29, 1.82) is 5.26 Å². The second-order valence-corrected chi connectivity index (χ2v) is 4.23. The molecule has 0 saturated heterocycles. The van der Waals surface area contributed by atoms with Gasteiger partial charge in [0.15, 0.2) is 0 Å². The number of nitrogens with one attached hydrogen (secondary N) is 1. The van der Waals surface area contributed by atoms with Crippen molar-refractivity contribution in [3.63, 3.8) is 0 Å². The highest BCUT2D eigenvalue weighted by atomic mass is 19.1. The number of hydrogen-bond donors (Lipinski definition) is 2. The molecule has 2 rings (SSSR count). The number of carbonyl (C=O) groups excluding carboxylic acids is 1. The van der Waals surface area contributed by atoms with Gasteiger partial charge in [-0.15, -0.1) is 0 Å². The standard InChI is InChI=1S/C15H12FN3O/c16-12-4-2-1-3-11(12)8-15(20)19-14-6-5-10(9-17)7-13(14)18/h1-7H,8,18H2,(H,19,20). The van der Waals surface area contributed by atoms with E-state index in [9.17, 15) is 9.18 Å². The van der Waals surface area contributed by atoms with E-state index in [1.54, 1.807) is 30.3 Å². The molecule has 0 atom stereocenters. The highest BCUT2D eigenvalue weighted by molar-refractivity contribution is 5.95. The number of hydrogen-bond acceptors (Lipinski definition) is 3. The number of carbonyl (C=O) groups is 1. The molecular formula is C15H12FN3O. The summed E-state index contributed by atoms with van der Waals surface area (Å²) in [6, 6.07) is 12.6. The Labute approximate surface area is 115 Å². The summed E-state index contributed by atoms with van der Waals surface area (Å²) in [5.74, 6) is -0.790. The van der Waals surface area contributed by atoms with Crippen molar-refractivity contribution in [2.75, 3.05) is 11.1 Å². The maximum atomic E-state index is 13.4. The zero-order valence-electron chi connectivity index (χ0n) is 10.6. The molecule has 0 unspecified atom stereocenters. The molecule has 0 radical (unpaired) electrons. The average molecular weight is 269 g/mol. The molecule has 0 aliphatic carbocycles. The molecule has 0 aliphatic heterocycles. The van der Waals surface area contributed by atoms with Gasteiger partial charge in [0.05, 0.1) is 29.4 Å². The number of anilines is 2. The van der Waals surface area contributed by atoms with Crippen LogP contribution < -0.4 is 11.1 Å². The molecule has 2 aromatic carbocycles. The summed E-state index contributed by atoms with van der Waals surface area (Å²) in [4.78, 5) is 11.8. The zero-order chi connectivity index (χ0) is 14.5. The van der Waals surface area contributed by atoms with Crippen LogP contribution in [-0.2, 0) is 11.2 Å². The van der Waals surface area contributed by atoms with Gasteiger partial charge in [-0.2, -0.15) is 5.26 Å². The molecule has 0 spiro atoms. The number of halogens is 1. The van der Waals surface area contributed by atoms with E-state index in [0.717, 1.165) is 0 Å². The van der Waals surface area contributed by atoms with Gasteiger partial charge in [0, 0.05) is 0 Å². The number of nitrogens with two attached hydrogens (primary N) is 1. The smallest absolute Gasteiger partial charge is 0.228 e. The lowest BCUT2D eigenvalue weighted by molar-refractivity contribution is -0.115. The highest BCUT2D eigenvalue weighted by Crippen LogP contribution is 2.20. The molecule has 0 heterocycles. The molecule has 5 heteroatoms. The fourth-order valence-electron chi connectivity index (χ4n) is 1.76. The Balaban J connectivity index is 2.09. The Morgan fingerprint density at radius 3 is 2.70 bits per heavy atom. The van der Waals surface area contributed by atoms with Crippen molar-refractivity contribution in [3.8, 4) is 6.07 Å². The minimum Gasteiger partial charge on any atom is -0.397 e. The lowest BCUT2D eigenvalue weighted by Crippen LogP contribution is -2.16. The highest BCUT2D eigenvalue weighted by Gasteiger charge is 2.09. The molecule has 0 fully saturated rings. The normalized spacial score (nSPS) is 9.80. The van der Waals surface area contributed by atoms with Crippen molar-refractivity contribution in [2.45, 2.75) is 6.42 Å². The van der Waals surface area contributed by atoms with Crippen molar-refractivity contribution in [2.24, 2.45) is 0 Å². The molecule has 100 valence electrons. The summed E-state index contributed by atoms with van der Waals surface area (Å²) in [6.07, 6.45) is -0.0773. The summed E-state index contributed by atoms with van der Waals surface area (Å²) >= 11 is 0. The average Bonchev–Trinajstić information content (AvgIpc) is 2.43. The molecule has 1 amide bonds. The van der Waals surface area contributed by atoms with Crippen LogP contribution in [0.1, 0.15) is 11.1 Å². The molecule has 2 aromatic rings. The predicted molar refractivity (Wildman–Crippen MR) is 74.3 cm³/mol. The number of nitrogen functional groups attached to an aromatic ring is 1. The summed E-state index contributed by atoms with van der Waals surface area (Å²) < 4.78 is 13.4. The van der Waals surface area contributed by atoms with E-state index < -0.39 is 5.82 Å². The third kappa shape index (κ3) is 3.12. The van der Waals surface area contributed by atoms with Gasteiger partial charge >= 0.3 is 0 Å². The summed E-state index contributed by atoms with van der Waals surface area (Å²) in [5.41, 5.74) is 7.16. The second kappa shape index (κ2) is 5.85. The summed E-state index contributed by atoms with van der Waals surface area (Å²) in [7, 11) is 0. The SMILES string of the molecule is N#Cc1ccc(NC(=O)Cc2ccccc2F)c(N)c1. The molecule has 3 N–H and O–H groups in total. The number of nitriles is 1. The van der Waals surface area contributed by atoms with Crippen LogP contribution >= 0.6 is 0 Å². The van der Waals surface area contributed by atoms with Crippen LogP contribution in [0.3, 0.4) is 0 Å². The van der Waals surface area contributed by atoms with Crippen molar-refractivity contribution in [1.82, 2.24) is 0 Å². The third-order valence-corrected chi connectivity index (χ3v) is 2.76. The van der Waals surface area contributed by atoms with Crippen molar-refractivity contribution >= 4 is 17.3 Å². The van der Waals surface area contributed by atoms with Gasteiger partial charge in [0.1, 0.15) is 5.82 Å². The van der Waals surface area contributed by atoms with Gasteiger partial charge in [-0.05, 0) is 29.8 Å². The van der Waals surface area contributed by atoms with Gasteiger partial charge < -0.3 is 11.1 Å². The molecule has 4 nitrogen and oxygen atoms in total. The first-order valence-electron chi connectivity index (χ1n) is 5.93. The van der Waals surface area contributed by atoms with E-state index in [0.29, 0.717) is 22.5 Å². The van der Waals surface area contributed by atoms with Gasteiger partial charge in [-0.1, -0.05) is 18.2 Å². The second-order valence-electron chi connectivity index (χ2n) is 4.23. The van der Waals surface area contributed by atoms with E-state index in [-0.39, 0.29) is 12.3 Å². The van der Waals surface area contributed by atoms with Gasteiger partial charge in [-0.3, -0.25) is 4.79 Å². The number of nitrogens with zero attached hydrogens (tertiary/aromatic N) is 1. The Hall–Kier alpha value is -2.87. The van der Waals surface area contributed by atoms with Crippen LogP contribution in [0.15, 0.2) is 42.5 Å². The maximum Gasteiger partial charge on any atom is 0.228 e. The summed E-state index contributed by atoms with van der Waals surface area (Å²) in [5, 5.41) is 11.3. The molecule has 0 saturated carbocycles. The minimum atomic E-state index is -0.421. The van der Waals surface area contributed by atoms with Gasteiger partial charge in [0.25, 0.3) is 0 Å². The van der Waals surface area contributed by atoms with E-state index in [4.69, 9.17) is 11.0 Å². The molecular weight excluding hydrogens is 257 g/mol. The van der Waals surface area contributed by atoms with Crippen LogP contribution in [0, 0.1) is 17.1 Å². The van der Waals surface area contributed by atoms with Crippen molar-refractivity contribution < 1.29 is 9.18 Å². The first-order chi connectivity index (χ1) is 9.60. The monoisotopic (exact) mass is 269 g/mol. The lowest BCUT2D eigenvalue weighted by Gasteiger charge is -2.08. The van der Waals surface area contributed by atoms with Crippen LogP contribution in [0.5, 0.6) is 0 Å². The first kappa shape index (κ1) is 13.6. The molecule has 20 heavy (non-hydrogen) atoms. The van der Waals surface area contributed by atoms with Gasteiger partial charge in [-0.25, -0.2) is 4.39 Å². The van der Waals surface area contributed by atoms with Crippen molar-refractivity contribution in [3.05, 3.63) is 59.4 Å². The number of amides is 1. The quantitative estimate of drug-likeness (QED) is 0.840. The Bertz CT molecular complexity index is 692. The first-order valence-corrected chi connectivity index (χ1v) is 5.93. The maximum absolute atomic E-state index is 13.4. The van der Waals surface area contributed by atoms with Crippen LogP contribution in [-0.4, -0.2) is 5.91 Å². The Morgan fingerprint density at radius 1 is 1.30 bits per heavy atom. The molecule has 0 aromatic heterocycles. The van der Waals surface area contributed by atoms with E-state index in [1.165, 1.54) is 12.1 Å². The minimum absolute atomic E-state index is 0.0773. The summed E-state index contributed by atoms with van der Waals surface area (Å²) in [6.45, 7) is 0. The van der Waals surface area contributed by atoms with Crippen LogP contribution in [0.2, 0.25) is 0 Å². The molecule has 0 bridgehead atoms. The van der Waals surface area contributed by atoms with Crippen LogP contribution in [0.25, 0.3) is 0 Å². The van der Waals surface area contributed by atoms with E-state index in [1.807, 2.05) is 6.07 Å². The van der Waals surface area contributed by atoms with E-state index in [2.05, 4.69) is 5.32 Å². The Kier molecular flexibility index (Phi) is 3.96. The number of benzene rings is 2. The molecule has 0 aliphatic rings. The Morgan fingerprint density at radius 2 is 2.05 bits per heavy atom. The van der Waals surface area contributed by atoms with Crippen LogP contribution in [0.4, 0.5) is 15.8 Å². The predicted octanol–water partition coefficient (Wildman–Crippen LogP) is 2.46. The topological polar surface area (TPSA) is 78.9 Å². The fourth-order valence-corrected chi connectivity index (χ4v) is 1.76. The number of rotatable bonds is 3. The van der Waals surface area contributed by atoms with E-state index >= 15 is 0 Å². The largest absolute Gasteiger partial charge is 0.397 e.